The van der Waals surface area contributed by atoms with Gasteiger partial charge in [0.15, 0.2) is 0 Å². The molecule has 4 rings (SSSR count). The third-order valence-corrected chi connectivity index (χ3v) is 6.24. The monoisotopic (exact) mass is 482 g/mol. The molecule has 0 saturated carbocycles. The van der Waals surface area contributed by atoms with Gasteiger partial charge in [0.1, 0.15) is 5.82 Å². The van der Waals surface area contributed by atoms with Crippen LogP contribution >= 0.6 is 0 Å². The minimum absolute atomic E-state index is 0.0921. The Labute approximate surface area is 209 Å². The zero-order valence-electron chi connectivity index (χ0n) is 20.4. The van der Waals surface area contributed by atoms with Crippen molar-refractivity contribution < 1.29 is 19.1 Å². The average molecular weight is 483 g/mol. The quantitative estimate of drug-likeness (QED) is 0.138. The summed E-state index contributed by atoms with van der Waals surface area (Å²) in [6.07, 6.45) is 2.16. The van der Waals surface area contributed by atoms with E-state index in [4.69, 9.17) is 0 Å². The summed E-state index contributed by atoms with van der Waals surface area (Å²) in [5.41, 5.74) is 6.69. The Morgan fingerprint density at radius 1 is 0.944 bits per heavy atom. The van der Waals surface area contributed by atoms with Gasteiger partial charge in [-0.2, -0.15) is 0 Å². The number of aryl methyl sites for hydroxylation is 2. The Morgan fingerprint density at radius 3 is 2.19 bits per heavy atom. The van der Waals surface area contributed by atoms with E-state index in [0.29, 0.717) is 23.3 Å². The standard InChI is InChI=1S/C30H27FN2O3/c1-19-4-6-22(7-5-19)27(18-29(33-35)24-14-15-32-20(2)16-24)23-10-8-21(9-11-23)26-13-12-25(17-28(26)31)30(34)36-3/h4-17,27,35H,18H2,1-3H3. The lowest BCUT2D eigenvalue weighted by molar-refractivity contribution is 0.0600. The lowest BCUT2D eigenvalue weighted by atomic mass is 9.84. The van der Waals surface area contributed by atoms with E-state index < -0.39 is 11.8 Å². The summed E-state index contributed by atoms with van der Waals surface area (Å²) in [4.78, 5) is 15.9. The predicted octanol–water partition coefficient (Wildman–Crippen LogP) is 6.69. The highest BCUT2D eigenvalue weighted by Gasteiger charge is 2.20. The van der Waals surface area contributed by atoms with Crippen molar-refractivity contribution in [2.24, 2.45) is 5.16 Å². The number of ether oxygens (including phenoxy) is 1. The zero-order chi connectivity index (χ0) is 25.7. The van der Waals surface area contributed by atoms with Gasteiger partial charge in [0.2, 0.25) is 0 Å². The fourth-order valence-corrected chi connectivity index (χ4v) is 4.25. The average Bonchev–Trinajstić information content (AvgIpc) is 2.90. The summed E-state index contributed by atoms with van der Waals surface area (Å²) in [6.45, 7) is 3.93. The first-order chi connectivity index (χ1) is 17.4. The number of benzene rings is 3. The second kappa shape index (κ2) is 11.0. The maximum atomic E-state index is 14.8. The molecule has 0 spiro atoms. The third kappa shape index (κ3) is 5.49. The lowest BCUT2D eigenvalue weighted by Crippen LogP contribution is -2.11. The fourth-order valence-electron chi connectivity index (χ4n) is 4.25. The summed E-state index contributed by atoms with van der Waals surface area (Å²) in [5.74, 6) is -1.17. The van der Waals surface area contributed by atoms with Crippen LogP contribution in [0, 0.1) is 19.7 Å². The van der Waals surface area contributed by atoms with Crippen molar-refractivity contribution in [1.29, 1.82) is 0 Å². The van der Waals surface area contributed by atoms with Crippen LogP contribution in [0.2, 0.25) is 0 Å². The molecule has 0 aliphatic carbocycles. The van der Waals surface area contributed by atoms with Crippen molar-refractivity contribution in [3.8, 4) is 11.1 Å². The SMILES string of the molecule is COC(=O)c1ccc(-c2ccc(C(CC(=NO)c3ccnc(C)c3)c3ccc(C)cc3)cc2)c(F)c1. The van der Waals surface area contributed by atoms with Crippen LogP contribution in [-0.2, 0) is 4.74 Å². The first kappa shape index (κ1) is 24.8. The first-order valence-electron chi connectivity index (χ1n) is 11.6. The zero-order valence-corrected chi connectivity index (χ0v) is 20.4. The molecule has 4 aromatic rings. The van der Waals surface area contributed by atoms with Crippen molar-refractivity contribution in [2.75, 3.05) is 7.11 Å². The van der Waals surface area contributed by atoms with Gasteiger partial charge in [0.25, 0.3) is 0 Å². The van der Waals surface area contributed by atoms with E-state index in [1.165, 1.54) is 13.2 Å². The molecule has 1 atom stereocenters. The van der Waals surface area contributed by atoms with Crippen LogP contribution in [0.25, 0.3) is 11.1 Å². The van der Waals surface area contributed by atoms with Crippen LogP contribution in [-0.4, -0.2) is 29.0 Å². The van der Waals surface area contributed by atoms with E-state index in [1.807, 2.05) is 50.2 Å². The minimum atomic E-state index is -0.581. The molecule has 5 nitrogen and oxygen atoms in total. The lowest BCUT2D eigenvalue weighted by Gasteiger charge is -2.20. The molecule has 0 saturated heterocycles. The highest BCUT2D eigenvalue weighted by molar-refractivity contribution is 6.01. The van der Waals surface area contributed by atoms with Crippen LogP contribution in [0.15, 0.2) is 90.2 Å². The number of halogens is 1. The molecule has 6 heteroatoms. The molecule has 0 bridgehead atoms. The van der Waals surface area contributed by atoms with Gasteiger partial charge in [-0.3, -0.25) is 4.98 Å². The van der Waals surface area contributed by atoms with E-state index in [-0.39, 0.29) is 11.5 Å². The number of oxime groups is 1. The predicted molar refractivity (Wildman–Crippen MR) is 138 cm³/mol. The van der Waals surface area contributed by atoms with E-state index in [2.05, 4.69) is 39.1 Å². The van der Waals surface area contributed by atoms with E-state index in [9.17, 15) is 14.4 Å². The summed E-state index contributed by atoms with van der Waals surface area (Å²) in [7, 11) is 1.26. The van der Waals surface area contributed by atoms with Crippen LogP contribution in [0.1, 0.15) is 50.6 Å². The van der Waals surface area contributed by atoms with Crippen LogP contribution in [0.4, 0.5) is 4.39 Å². The number of esters is 1. The maximum Gasteiger partial charge on any atom is 0.337 e. The number of carbonyl (C=O) groups is 1. The van der Waals surface area contributed by atoms with Gasteiger partial charge in [-0.25, -0.2) is 9.18 Å². The van der Waals surface area contributed by atoms with Crippen LogP contribution in [0.5, 0.6) is 0 Å². The van der Waals surface area contributed by atoms with E-state index in [1.54, 1.807) is 18.3 Å². The molecule has 1 heterocycles. The minimum Gasteiger partial charge on any atom is -0.465 e. The van der Waals surface area contributed by atoms with Gasteiger partial charge in [-0.15, -0.1) is 0 Å². The normalized spacial score (nSPS) is 12.3. The number of aromatic nitrogens is 1. The summed E-state index contributed by atoms with van der Waals surface area (Å²) in [5, 5.41) is 13.5. The molecule has 36 heavy (non-hydrogen) atoms. The van der Waals surface area contributed by atoms with Gasteiger partial charge in [0.05, 0.1) is 18.4 Å². The molecule has 1 N–H and O–H groups in total. The number of hydrogen-bond donors (Lipinski definition) is 1. The smallest absolute Gasteiger partial charge is 0.337 e. The Bertz CT molecular complexity index is 1400. The van der Waals surface area contributed by atoms with Gasteiger partial charge < -0.3 is 9.94 Å². The number of methoxy groups -OCH3 is 1. The van der Waals surface area contributed by atoms with Gasteiger partial charge >= 0.3 is 5.97 Å². The number of rotatable bonds is 7. The van der Waals surface area contributed by atoms with Crippen molar-refractivity contribution in [3.05, 3.63) is 124 Å². The molecule has 0 amide bonds. The number of hydrogen-bond acceptors (Lipinski definition) is 5. The van der Waals surface area contributed by atoms with Crippen molar-refractivity contribution in [3.63, 3.8) is 0 Å². The molecular formula is C30H27FN2O3. The largest absolute Gasteiger partial charge is 0.465 e. The topological polar surface area (TPSA) is 71.8 Å². The van der Waals surface area contributed by atoms with Crippen LogP contribution < -0.4 is 0 Å². The Kier molecular flexibility index (Phi) is 7.54. The van der Waals surface area contributed by atoms with E-state index in [0.717, 1.165) is 27.9 Å². The van der Waals surface area contributed by atoms with E-state index >= 15 is 0 Å². The van der Waals surface area contributed by atoms with Gasteiger partial charge in [-0.1, -0.05) is 65.3 Å². The second-order valence-corrected chi connectivity index (χ2v) is 8.71. The maximum absolute atomic E-state index is 14.8. The molecule has 1 aromatic heterocycles. The number of pyridine rings is 1. The molecular weight excluding hydrogens is 455 g/mol. The van der Waals surface area contributed by atoms with Gasteiger partial charge in [-0.05, 0) is 54.8 Å². The molecule has 1 unspecified atom stereocenters. The summed E-state index contributed by atoms with van der Waals surface area (Å²) in [6, 6.07) is 23.9. The van der Waals surface area contributed by atoms with Gasteiger partial charge in [0, 0.05) is 35.4 Å². The third-order valence-electron chi connectivity index (χ3n) is 6.24. The Hall–Kier alpha value is -4.32. The van der Waals surface area contributed by atoms with Crippen molar-refractivity contribution in [1.82, 2.24) is 4.98 Å². The molecule has 182 valence electrons. The number of carbonyl (C=O) groups excluding carboxylic acids is 1. The second-order valence-electron chi connectivity index (χ2n) is 8.71. The molecule has 0 radical (unpaired) electrons. The fraction of sp³-hybridized carbons (Fsp3) is 0.167. The number of nitrogens with zero attached hydrogens (tertiary/aromatic N) is 2. The Morgan fingerprint density at radius 2 is 1.61 bits per heavy atom. The van der Waals surface area contributed by atoms with Crippen LogP contribution in [0.3, 0.4) is 0 Å². The van der Waals surface area contributed by atoms with Crippen molar-refractivity contribution in [2.45, 2.75) is 26.2 Å². The molecule has 3 aromatic carbocycles. The highest BCUT2D eigenvalue weighted by atomic mass is 19.1. The first-order valence-corrected chi connectivity index (χ1v) is 11.6. The molecule has 0 fully saturated rings. The Balaban J connectivity index is 1.68. The van der Waals surface area contributed by atoms with Crippen molar-refractivity contribution >= 4 is 11.7 Å². The molecule has 0 aliphatic rings. The highest BCUT2D eigenvalue weighted by Crippen LogP contribution is 2.32. The summed E-state index contributed by atoms with van der Waals surface area (Å²) >= 11 is 0. The molecule has 0 aliphatic heterocycles. The summed E-state index contributed by atoms with van der Waals surface area (Å²) < 4.78 is 19.4.